The maximum absolute atomic E-state index is 12.9. The average Bonchev–Trinajstić information content (AvgIpc) is 4.10. The van der Waals surface area contributed by atoms with Crippen LogP contribution in [-0.2, 0) is 72.6 Å². The highest BCUT2D eigenvalue weighted by atomic mass is 31.3. The van der Waals surface area contributed by atoms with E-state index in [-0.39, 0.29) is 56.5 Å². The first-order chi connectivity index (χ1) is 37.1. The van der Waals surface area contributed by atoms with E-state index < -0.39 is 121 Å². The second kappa shape index (κ2) is 24.0. The third-order valence-electron chi connectivity index (χ3n) is 10.4. The molecule has 12 atom stereocenters. The molecule has 40 nitrogen and oxygen atoms in total. The minimum atomic E-state index is -5.81. The lowest BCUT2D eigenvalue weighted by atomic mass is 10.1. The molecule has 0 aliphatic carbocycles. The number of esters is 2. The van der Waals surface area contributed by atoms with E-state index in [9.17, 15) is 66.8 Å². The highest BCUT2D eigenvalue weighted by Crippen LogP contribution is 2.67. The lowest BCUT2D eigenvalue weighted by Gasteiger charge is -2.22. The van der Waals surface area contributed by atoms with Crippen LogP contribution in [0.5, 0.6) is 0 Å². The van der Waals surface area contributed by atoms with E-state index in [1.54, 1.807) is 12.1 Å². The van der Waals surface area contributed by atoms with E-state index in [0.717, 1.165) is 12.7 Å². The zero-order valence-electron chi connectivity index (χ0n) is 39.4. The number of rotatable bonds is 20. The number of carbonyl (C=O) groups excluding carboxylic acids is 2. The Morgan fingerprint density at radius 3 is 1.35 bits per heavy atom. The van der Waals surface area contributed by atoms with Crippen molar-refractivity contribution in [3.63, 3.8) is 0 Å². The molecular formula is C34H42N12O28P6. The summed E-state index contributed by atoms with van der Waals surface area (Å²) in [6.07, 6.45) is -7.97. The van der Waals surface area contributed by atoms with Crippen LogP contribution in [0.25, 0.3) is 22.3 Å². The van der Waals surface area contributed by atoms with Gasteiger partial charge in [-0.1, -0.05) is 24.3 Å². The van der Waals surface area contributed by atoms with Crippen LogP contribution in [0.1, 0.15) is 33.2 Å². The fourth-order valence-corrected chi connectivity index (χ4v) is 13.3. The van der Waals surface area contributed by atoms with Crippen molar-refractivity contribution in [3.05, 3.63) is 85.0 Å². The summed E-state index contributed by atoms with van der Waals surface area (Å²) in [6, 6.07) is 11.7. The molecule has 6 heterocycles. The number of aliphatic hydroxyl groups is 2. The van der Waals surface area contributed by atoms with Crippen molar-refractivity contribution in [1.82, 2.24) is 39.0 Å². The molecule has 2 saturated heterocycles. The molecular weight excluding hydrogens is 1210 g/mol. The number of anilines is 4. The van der Waals surface area contributed by atoms with E-state index in [0.29, 0.717) is 0 Å². The van der Waals surface area contributed by atoms with Gasteiger partial charge in [-0.3, -0.25) is 18.2 Å². The summed E-state index contributed by atoms with van der Waals surface area (Å²) >= 11 is 0. The number of ether oxygens (including phenoxy) is 4. The van der Waals surface area contributed by atoms with Crippen LogP contribution in [-0.4, -0.2) is 150 Å². The number of phosphoric acid groups is 6. The predicted octanol–water partition coefficient (Wildman–Crippen LogP) is -0.364. The number of para-hydroxylation sites is 2. The molecule has 2 aliphatic heterocycles. The summed E-state index contributed by atoms with van der Waals surface area (Å²) in [6.45, 7) is -2.07. The van der Waals surface area contributed by atoms with Gasteiger partial charge in [0.25, 0.3) is 0 Å². The maximum atomic E-state index is 12.9. The molecule has 0 spiro atoms. The highest BCUT2D eigenvalue weighted by molar-refractivity contribution is 7.67. The van der Waals surface area contributed by atoms with Gasteiger partial charge in [0.2, 0.25) is 0 Å². The number of hydrogen-bond acceptors (Lipinski definition) is 30. The topological polar surface area (TPSA) is 622 Å². The van der Waals surface area contributed by atoms with Crippen molar-refractivity contribution >= 4 is 104 Å². The molecule has 46 heteroatoms. The Labute approximate surface area is 444 Å². The Morgan fingerprint density at radius 2 is 0.912 bits per heavy atom. The average molecular weight is 1250 g/mol. The van der Waals surface area contributed by atoms with Crippen molar-refractivity contribution < 1.29 is 132 Å². The standard InChI is InChI=1S/2C17H21N6O14P3/c18-9-4-2-1-3-8(9)17(25)35-13-10(5-33-39(29,30)37-40(31,32)36-38(26,27)28)34-16(12(13)24)23-7-22-11-14(19)20-6-21-15(11)23;18-9-4-2-1-3-8(9)17(25)35-13-12(24)10(5-33-39(29,30)37-40(31,32)36-38(26,27)28)34-16(13)23-7-22-11-14(19)20-6-21-15(11)23/h2*1-4,6-7,10,12-13,16,24H,5,18H2,(H,29,30)(H,31,32)(H2,19,20,21)(H2,26,27,28). The molecule has 2 aliphatic rings. The Balaban J connectivity index is 0.000000231. The lowest BCUT2D eigenvalue weighted by molar-refractivity contribution is -0.0558. The largest absolute Gasteiger partial charge is 0.490 e. The normalized spacial score (nSPS) is 24.4. The molecule has 18 N–H and O–H groups in total. The smallest absolute Gasteiger partial charge is 0.453 e. The van der Waals surface area contributed by atoms with Crippen molar-refractivity contribution in [1.29, 1.82) is 0 Å². The molecule has 8 rings (SSSR count). The number of aromatic nitrogens is 8. The van der Waals surface area contributed by atoms with Crippen molar-refractivity contribution in [3.8, 4) is 0 Å². The first kappa shape index (κ1) is 61.9. The molecule has 436 valence electrons. The number of nitrogen functional groups attached to an aromatic ring is 4. The molecule has 12 unspecified atom stereocenters. The number of imidazole rings is 2. The Hall–Kier alpha value is -5.66. The van der Waals surface area contributed by atoms with Crippen LogP contribution in [0.15, 0.2) is 73.8 Å². The SMILES string of the molecule is Nc1ccccc1C(=O)OC1C(COP(=O)(O)OP(=O)(O)OP(=O)(O)O)OC(n2cnc3c(N)ncnc32)C1O.Nc1ccccc1C(=O)OC1C(O)C(COP(=O)(O)OP(=O)(O)OP(=O)(O)O)OC1n1cnc2c(N)ncnc21. The van der Waals surface area contributed by atoms with Gasteiger partial charge in [-0.05, 0) is 24.3 Å². The van der Waals surface area contributed by atoms with E-state index in [2.05, 4.69) is 56.2 Å². The third-order valence-corrected chi connectivity index (χ3v) is 18.0. The summed E-state index contributed by atoms with van der Waals surface area (Å²) in [5, 5.41) is 22.0. The minimum absolute atomic E-state index is 0.00268. The van der Waals surface area contributed by atoms with Crippen molar-refractivity contribution in [2.24, 2.45) is 0 Å². The quantitative estimate of drug-likeness (QED) is 0.0263. The lowest BCUT2D eigenvalue weighted by Crippen LogP contribution is -2.38. The van der Waals surface area contributed by atoms with Gasteiger partial charge in [0.15, 0.2) is 47.6 Å². The molecule has 0 radical (unpaired) electrons. The zero-order chi connectivity index (χ0) is 58.9. The summed E-state index contributed by atoms with van der Waals surface area (Å²) in [5.74, 6) is -1.99. The molecule has 0 bridgehead atoms. The fourth-order valence-electron chi connectivity index (χ4n) is 7.23. The number of phosphoric ester groups is 2. The van der Waals surface area contributed by atoms with Crippen LogP contribution in [0, 0.1) is 0 Å². The molecule has 4 aromatic heterocycles. The van der Waals surface area contributed by atoms with Crippen molar-refractivity contribution in [2.45, 2.75) is 49.1 Å². The zero-order valence-corrected chi connectivity index (χ0v) is 44.7. The number of nitrogens with zero attached hydrogens (tertiary/aromatic N) is 8. The minimum Gasteiger partial charge on any atom is -0.453 e. The molecule has 80 heavy (non-hydrogen) atoms. The summed E-state index contributed by atoms with van der Waals surface area (Å²) in [5.41, 5.74) is 23.6. The molecule has 2 aromatic carbocycles. The Kier molecular flexibility index (Phi) is 18.6. The first-order valence-corrected chi connectivity index (χ1v) is 30.4. The highest BCUT2D eigenvalue weighted by Gasteiger charge is 2.52. The summed E-state index contributed by atoms with van der Waals surface area (Å²) in [4.78, 5) is 122. The molecule has 2 fully saturated rings. The molecule has 6 aromatic rings. The van der Waals surface area contributed by atoms with Crippen LogP contribution in [0.4, 0.5) is 23.0 Å². The third kappa shape index (κ3) is 15.5. The van der Waals surface area contributed by atoms with Gasteiger partial charge >= 0.3 is 58.9 Å². The van der Waals surface area contributed by atoms with Crippen LogP contribution >= 0.6 is 46.9 Å². The first-order valence-electron chi connectivity index (χ1n) is 21.3. The van der Waals surface area contributed by atoms with E-state index in [1.165, 1.54) is 58.2 Å². The van der Waals surface area contributed by atoms with E-state index >= 15 is 0 Å². The molecule has 0 amide bonds. The van der Waals surface area contributed by atoms with Gasteiger partial charge in [0.05, 0.1) is 37.0 Å². The van der Waals surface area contributed by atoms with E-state index in [4.69, 9.17) is 61.5 Å². The van der Waals surface area contributed by atoms with E-state index in [1.807, 2.05) is 0 Å². The van der Waals surface area contributed by atoms with Gasteiger partial charge in [-0.15, -0.1) is 0 Å². The fraction of sp³-hybridized carbons (Fsp3) is 0.294. The van der Waals surface area contributed by atoms with Crippen LogP contribution in [0.2, 0.25) is 0 Å². The van der Waals surface area contributed by atoms with Crippen molar-refractivity contribution in [2.75, 3.05) is 36.1 Å². The van der Waals surface area contributed by atoms with Gasteiger partial charge in [0.1, 0.15) is 48.1 Å². The van der Waals surface area contributed by atoms with Gasteiger partial charge in [0, 0.05) is 11.4 Å². The maximum Gasteiger partial charge on any atom is 0.490 e. The number of benzene rings is 2. The van der Waals surface area contributed by atoms with Gasteiger partial charge in [-0.25, -0.2) is 66.9 Å². The number of hydrogen-bond donors (Lipinski definition) is 14. The summed E-state index contributed by atoms with van der Waals surface area (Å²) < 4.78 is 118. The van der Waals surface area contributed by atoms with Crippen LogP contribution in [0.3, 0.4) is 0 Å². The van der Waals surface area contributed by atoms with Gasteiger partial charge < -0.3 is 91.2 Å². The number of nitrogens with two attached hydrogens (primary N) is 4. The second-order valence-corrected chi connectivity index (χ2v) is 24.8. The van der Waals surface area contributed by atoms with Crippen LogP contribution < -0.4 is 22.9 Å². The Bertz CT molecular complexity index is 3590. The second-order valence-electron chi connectivity index (χ2n) is 16.0. The predicted molar refractivity (Wildman–Crippen MR) is 259 cm³/mol. The van der Waals surface area contributed by atoms with Gasteiger partial charge in [-0.2, -0.15) is 17.2 Å². The summed E-state index contributed by atoms with van der Waals surface area (Å²) in [7, 11) is -34.0. The Morgan fingerprint density at radius 1 is 0.512 bits per heavy atom. The number of fused-ring (bicyclic) bond motifs is 2. The number of carbonyl (C=O) groups is 2. The monoisotopic (exact) mass is 1250 g/mol. The number of aliphatic hydroxyl groups excluding tert-OH is 2. The molecule has 0 saturated carbocycles.